The molecule has 292 valence electrons. The molecule has 0 aromatic rings. The van der Waals surface area contributed by atoms with Gasteiger partial charge in [-0.2, -0.15) is 0 Å². The zero-order valence-electron chi connectivity index (χ0n) is 30.7. The van der Waals surface area contributed by atoms with Crippen molar-refractivity contribution in [3.05, 3.63) is 48.6 Å². The molecule has 3 saturated heterocycles. The molecular formula is C36H57N5O11. The number of carboxylic acid groups (broad SMARTS) is 1. The first-order valence-corrected chi connectivity index (χ1v) is 17.5. The topological polar surface area (TPSA) is 247 Å². The van der Waals surface area contributed by atoms with Gasteiger partial charge < -0.3 is 61.1 Å². The molecule has 0 bridgehead atoms. The molecule has 9 N–H and O–H groups in total. The Hall–Kier alpha value is -3.64. The first-order valence-electron chi connectivity index (χ1n) is 17.5. The summed E-state index contributed by atoms with van der Waals surface area (Å²) < 4.78 is 29.6. The van der Waals surface area contributed by atoms with Crippen LogP contribution < -0.4 is 22.1 Å². The van der Waals surface area contributed by atoms with Crippen LogP contribution in [-0.2, 0) is 38.1 Å². The van der Waals surface area contributed by atoms with Crippen LogP contribution >= 0.6 is 0 Å². The lowest BCUT2D eigenvalue weighted by Gasteiger charge is -2.50. The number of nitrogens with two attached hydrogens (primary N) is 2. The molecule has 0 aromatic heterocycles. The maximum Gasteiger partial charge on any atom is 0.326 e. The number of nitrogens with zero attached hydrogens (tertiary/aromatic N) is 1. The van der Waals surface area contributed by atoms with Crippen molar-refractivity contribution in [2.75, 3.05) is 20.4 Å². The van der Waals surface area contributed by atoms with Crippen LogP contribution in [0, 0.1) is 11.3 Å². The van der Waals surface area contributed by atoms with Crippen LogP contribution in [0.25, 0.3) is 0 Å². The van der Waals surface area contributed by atoms with Crippen molar-refractivity contribution in [3.63, 3.8) is 0 Å². The average molecular weight is 736 g/mol. The number of aliphatic carboxylic acids is 1. The molecule has 3 heterocycles. The number of fused-ring (bicyclic) bond motifs is 1. The van der Waals surface area contributed by atoms with Crippen molar-refractivity contribution in [2.24, 2.45) is 27.8 Å². The lowest BCUT2D eigenvalue weighted by molar-refractivity contribution is -0.306. The number of carbonyl (C=O) groups is 3. The quantitative estimate of drug-likeness (QED) is 0.0277. The lowest BCUT2D eigenvalue weighted by atomic mass is 9.75. The number of aliphatic hydroxyl groups is 2. The van der Waals surface area contributed by atoms with E-state index in [4.69, 9.17) is 35.2 Å². The Morgan fingerprint density at radius 1 is 1.15 bits per heavy atom. The first kappa shape index (κ1) is 42.8. The van der Waals surface area contributed by atoms with Crippen molar-refractivity contribution in [1.29, 1.82) is 0 Å². The van der Waals surface area contributed by atoms with E-state index in [2.05, 4.69) is 22.2 Å². The fraction of sp³-hybridized carbons (Fsp3) is 0.667. The van der Waals surface area contributed by atoms with Gasteiger partial charge in [0.15, 0.2) is 18.3 Å². The Labute approximate surface area is 305 Å². The minimum Gasteiger partial charge on any atom is -0.480 e. The maximum absolute atomic E-state index is 13.4. The SMILES string of the molecule is C=C1C[C@](OC)([C@H](O)C(=O)N[C@H]2OCO[C@@H]3CC(C)(C)[C@@H](C[C@H](O)/C=C/C/C=C/C=C/C(=O)N[C@@H](CCCN=C(N)N)C(=O)O)O[C@@H]32)O[C@H](C)[C@@H]1C. The number of allylic oxidation sites excluding steroid dienone is 4. The summed E-state index contributed by atoms with van der Waals surface area (Å²) >= 11 is 0. The molecule has 52 heavy (non-hydrogen) atoms. The van der Waals surface area contributed by atoms with Gasteiger partial charge in [0.2, 0.25) is 11.7 Å². The fourth-order valence-corrected chi connectivity index (χ4v) is 6.41. The summed E-state index contributed by atoms with van der Waals surface area (Å²) in [5.41, 5.74) is 10.9. The third-order valence-corrected chi connectivity index (χ3v) is 9.76. The van der Waals surface area contributed by atoms with Crippen molar-refractivity contribution in [1.82, 2.24) is 10.6 Å². The van der Waals surface area contributed by atoms with Crippen LogP contribution in [0.2, 0.25) is 0 Å². The summed E-state index contributed by atoms with van der Waals surface area (Å²) in [5.74, 6) is -4.12. The van der Waals surface area contributed by atoms with Crippen LogP contribution in [0.5, 0.6) is 0 Å². The number of aliphatic hydroxyl groups excluding tert-OH is 2. The summed E-state index contributed by atoms with van der Waals surface area (Å²) in [6, 6.07) is -1.07. The molecule has 3 aliphatic heterocycles. The predicted molar refractivity (Wildman–Crippen MR) is 191 cm³/mol. The van der Waals surface area contributed by atoms with Crippen molar-refractivity contribution < 1.29 is 53.4 Å². The first-order chi connectivity index (χ1) is 24.5. The summed E-state index contributed by atoms with van der Waals surface area (Å²) in [7, 11) is 1.38. The highest BCUT2D eigenvalue weighted by molar-refractivity contribution is 5.91. The highest BCUT2D eigenvalue weighted by Gasteiger charge is 2.53. The second kappa shape index (κ2) is 19.4. The van der Waals surface area contributed by atoms with E-state index < -0.39 is 66.4 Å². The van der Waals surface area contributed by atoms with Gasteiger partial charge in [0.1, 0.15) is 18.9 Å². The van der Waals surface area contributed by atoms with Crippen LogP contribution in [0.15, 0.2) is 53.6 Å². The highest BCUT2D eigenvalue weighted by atomic mass is 16.7. The number of amides is 2. The van der Waals surface area contributed by atoms with E-state index in [0.717, 1.165) is 5.57 Å². The minimum atomic E-state index is -1.68. The van der Waals surface area contributed by atoms with E-state index in [1.807, 2.05) is 27.7 Å². The number of guanidine groups is 1. The molecule has 0 unspecified atom stereocenters. The third kappa shape index (κ3) is 11.9. The molecular weight excluding hydrogens is 678 g/mol. The standard InChI is InChI=1S/C36H57N5O11/c1-21-18-36(48-6,52-23(3)22(21)2)30(44)31(45)41-32-29-26(49-20-50-32)19-35(4,5)27(51-29)17-24(42)13-10-8-7-9-11-15-28(43)40-25(33(46)47)14-12-16-39-34(37)38/h7,9-11,13,15,22-27,29-30,32,42,44H,1,8,12,14,16-20H2,2-6H3,(H,40,43)(H,41,45)(H,46,47)(H4,37,38,39)/b9-7+,13-10+,15-11+/t22-,23-,24-,25+,26-,27-,29+,30-,32+,36-/m1/s1. The Bertz CT molecular complexity index is 1360. The smallest absolute Gasteiger partial charge is 0.326 e. The number of methoxy groups -OCH3 is 1. The molecule has 16 nitrogen and oxygen atoms in total. The fourth-order valence-electron chi connectivity index (χ4n) is 6.41. The van der Waals surface area contributed by atoms with E-state index in [1.54, 1.807) is 24.3 Å². The molecule has 3 aliphatic rings. The molecule has 3 rings (SSSR count). The van der Waals surface area contributed by atoms with Crippen LogP contribution in [0.3, 0.4) is 0 Å². The minimum absolute atomic E-state index is 0.0281. The normalized spacial score (nSPS) is 30.8. The Morgan fingerprint density at radius 3 is 2.54 bits per heavy atom. The zero-order valence-corrected chi connectivity index (χ0v) is 30.7. The second-order valence-electron chi connectivity index (χ2n) is 14.2. The van der Waals surface area contributed by atoms with Gasteiger partial charge >= 0.3 is 5.97 Å². The van der Waals surface area contributed by atoms with Crippen molar-refractivity contribution >= 4 is 23.7 Å². The molecule has 0 saturated carbocycles. The number of hydrogen-bond acceptors (Lipinski definition) is 11. The third-order valence-electron chi connectivity index (χ3n) is 9.76. The van der Waals surface area contributed by atoms with Gasteiger partial charge in [-0.15, -0.1) is 0 Å². The summed E-state index contributed by atoms with van der Waals surface area (Å²) in [6.45, 7) is 12.1. The van der Waals surface area contributed by atoms with E-state index in [1.165, 1.54) is 19.3 Å². The number of nitrogens with one attached hydrogen (secondary N) is 2. The van der Waals surface area contributed by atoms with Gasteiger partial charge in [-0.1, -0.05) is 63.3 Å². The Balaban J connectivity index is 1.51. The molecule has 0 radical (unpaired) electrons. The summed E-state index contributed by atoms with van der Waals surface area (Å²) in [6.07, 6.45) is 6.21. The van der Waals surface area contributed by atoms with Gasteiger partial charge in [-0.25, -0.2) is 4.79 Å². The molecule has 0 aromatic carbocycles. The van der Waals surface area contributed by atoms with Gasteiger partial charge in [-0.05, 0) is 38.0 Å². The van der Waals surface area contributed by atoms with Gasteiger partial charge in [0.25, 0.3) is 5.91 Å². The number of carbonyl (C=O) groups excluding carboxylic acids is 2. The molecule has 3 fully saturated rings. The Kier molecular flexibility index (Phi) is 16.0. The van der Waals surface area contributed by atoms with Crippen molar-refractivity contribution in [2.45, 2.75) is 121 Å². The number of aliphatic imine (C=N–C) groups is 1. The monoisotopic (exact) mass is 735 g/mol. The number of ether oxygens (including phenoxy) is 5. The maximum atomic E-state index is 13.4. The number of rotatable bonds is 17. The average Bonchev–Trinajstić information content (AvgIpc) is 3.07. The highest BCUT2D eigenvalue weighted by Crippen LogP contribution is 2.42. The van der Waals surface area contributed by atoms with E-state index in [9.17, 15) is 29.7 Å². The number of carboxylic acids is 1. The van der Waals surface area contributed by atoms with Gasteiger partial charge in [0.05, 0.1) is 24.4 Å². The van der Waals surface area contributed by atoms with E-state index in [0.29, 0.717) is 19.3 Å². The van der Waals surface area contributed by atoms with Gasteiger partial charge in [-0.3, -0.25) is 14.6 Å². The second-order valence-corrected chi connectivity index (χ2v) is 14.2. The lowest BCUT2D eigenvalue weighted by Crippen LogP contribution is -2.65. The largest absolute Gasteiger partial charge is 0.480 e. The number of hydrogen-bond donors (Lipinski definition) is 7. The van der Waals surface area contributed by atoms with E-state index in [-0.39, 0.29) is 56.0 Å². The zero-order chi connectivity index (χ0) is 38.6. The molecule has 0 aliphatic carbocycles. The van der Waals surface area contributed by atoms with Crippen molar-refractivity contribution in [3.8, 4) is 0 Å². The predicted octanol–water partition coefficient (Wildman–Crippen LogP) is 1.12. The summed E-state index contributed by atoms with van der Waals surface area (Å²) in [4.78, 5) is 40.8. The summed E-state index contributed by atoms with van der Waals surface area (Å²) in [5, 5.41) is 36.5. The molecule has 10 atom stereocenters. The Morgan fingerprint density at radius 2 is 1.88 bits per heavy atom. The van der Waals surface area contributed by atoms with Crippen LogP contribution in [-0.4, -0.2) is 114 Å². The van der Waals surface area contributed by atoms with E-state index >= 15 is 0 Å². The van der Waals surface area contributed by atoms with Gasteiger partial charge in [0, 0.05) is 38.5 Å². The molecule has 16 heteroatoms. The van der Waals surface area contributed by atoms with Crippen LogP contribution in [0.4, 0.5) is 0 Å². The molecule has 2 amide bonds. The van der Waals surface area contributed by atoms with Crippen LogP contribution in [0.1, 0.15) is 66.2 Å². The molecule has 0 spiro atoms.